The first-order chi connectivity index (χ1) is 8.90. The number of nitrogens with two attached hydrogens (primary N) is 1. The van der Waals surface area contributed by atoms with Crippen molar-refractivity contribution in [3.8, 4) is 11.3 Å². The Kier molecular flexibility index (Phi) is 2.82. The zero-order valence-electron chi connectivity index (χ0n) is 10.1. The fraction of sp³-hybridized carbons (Fsp3) is 0.133. The average Bonchev–Trinajstić information content (AvgIpc) is 2.80. The maximum atomic E-state index is 5.65. The van der Waals surface area contributed by atoms with Gasteiger partial charge in [-0.1, -0.05) is 36.4 Å². The van der Waals surface area contributed by atoms with Gasteiger partial charge in [0.05, 0.1) is 11.2 Å². The van der Waals surface area contributed by atoms with E-state index in [-0.39, 0.29) is 0 Å². The first-order valence-corrected chi connectivity index (χ1v) is 6.11. The van der Waals surface area contributed by atoms with Crippen molar-refractivity contribution in [2.75, 3.05) is 6.54 Å². The zero-order chi connectivity index (χ0) is 12.4. The van der Waals surface area contributed by atoms with Crippen LogP contribution in [0.3, 0.4) is 0 Å². The van der Waals surface area contributed by atoms with Crippen LogP contribution in [0.4, 0.5) is 0 Å². The Hall–Kier alpha value is -2.13. The van der Waals surface area contributed by atoms with E-state index < -0.39 is 0 Å². The second kappa shape index (κ2) is 4.63. The van der Waals surface area contributed by atoms with Gasteiger partial charge in [-0.05, 0) is 18.7 Å². The van der Waals surface area contributed by atoms with Gasteiger partial charge >= 0.3 is 0 Å². The minimum Gasteiger partial charge on any atom is -0.330 e. The minimum atomic E-state index is 0.613. The Morgan fingerprint density at radius 3 is 2.56 bits per heavy atom. The highest BCUT2D eigenvalue weighted by Gasteiger charge is 2.10. The number of nitrogens with zero attached hydrogens (tertiary/aromatic N) is 2. The molecule has 0 amide bonds. The molecule has 3 aromatic rings. The molecule has 0 spiro atoms. The number of hydrogen-bond donors (Lipinski definition) is 1. The van der Waals surface area contributed by atoms with Crippen LogP contribution in [0.2, 0.25) is 0 Å². The topological polar surface area (TPSA) is 43.3 Å². The molecule has 0 aliphatic carbocycles. The summed E-state index contributed by atoms with van der Waals surface area (Å²) < 4.78 is 2.12. The summed E-state index contributed by atoms with van der Waals surface area (Å²) in [5, 5.41) is 0. The lowest BCUT2D eigenvalue weighted by molar-refractivity contribution is 0.864. The maximum Gasteiger partial charge on any atom is 0.115 e. The molecule has 3 nitrogen and oxygen atoms in total. The molecule has 0 fully saturated rings. The lowest BCUT2D eigenvalue weighted by atomic mass is 10.1. The van der Waals surface area contributed by atoms with Gasteiger partial charge in [-0.3, -0.25) is 0 Å². The van der Waals surface area contributed by atoms with E-state index in [9.17, 15) is 0 Å². The fourth-order valence-electron chi connectivity index (χ4n) is 2.22. The molecule has 2 aromatic heterocycles. The molecule has 0 saturated heterocycles. The summed E-state index contributed by atoms with van der Waals surface area (Å²) in [6, 6.07) is 16.4. The number of aromatic nitrogens is 2. The van der Waals surface area contributed by atoms with Crippen LogP contribution in [-0.2, 0) is 6.42 Å². The van der Waals surface area contributed by atoms with E-state index in [0.717, 1.165) is 29.0 Å². The summed E-state index contributed by atoms with van der Waals surface area (Å²) in [7, 11) is 0. The van der Waals surface area contributed by atoms with Gasteiger partial charge in [-0.25, -0.2) is 4.98 Å². The Labute approximate surface area is 106 Å². The van der Waals surface area contributed by atoms with Crippen LogP contribution in [0.25, 0.3) is 16.8 Å². The van der Waals surface area contributed by atoms with E-state index in [2.05, 4.69) is 22.6 Å². The number of fused-ring (bicyclic) bond motifs is 1. The van der Waals surface area contributed by atoms with Crippen LogP contribution in [-0.4, -0.2) is 15.9 Å². The van der Waals surface area contributed by atoms with Gasteiger partial charge in [0.25, 0.3) is 0 Å². The molecule has 2 heterocycles. The summed E-state index contributed by atoms with van der Waals surface area (Å²) in [6.07, 6.45) is 2.83. The second-order valence-corrected chi connectivity index (χ2v) is 4.24. The van der Waals surface area contributed by atoms with Gasteiger partial charge < -0.3 is 10.1 Å². The molecule has 0 aliphatic rings. The number of hydrogen-bond acceptors (Lipinski definition) is 2. The third-order valence-corrected chi connectivity index (χ3v) is 3.04. The van der Waals surface area contributed by atoms with E-state index in [4.69, 9.17) is 10.7 Å². The van der Waals surface area contributed by atoms with Gasteiger partial charge in [0, 0.05) is 18.2 Å². The van der Waals surface area contributed by atoms with Crippen molar-refractivity contribution in [3.05, 3.63) is 60.6 Å². The lowest BCUT2D eigenvalue weighted by Crippen LogP contribution is -2.06. The standard InChI is InChI=1S/C15H15N3/c16-10-9-14-17-15(12-6-2-1-3-7-12)13-8-4-5-11-18(13)14/h1-8,11H,9-10,16H2. The Bertz CT molecular complexity index is 656. The Balaban J connectivity index is 2.24. The molecule has 0 saturated carbocycles. The highest BCUT2D eigenvalue weighted by molar-refractivity contribution is 5.77. The van der Waals surface area contributed by atoms with Crippen molar-refractivity contribution in [1.29, 1.82) is 0 Å². The molecular formula is C15H15N3. The number of rotatable bonds is 3. The smallest absolute Gasteiger partial charge is 0.115 e. The van der Waals surface area contributed by atoms with Crippen LogP contribution >= 0.6 is 0 Å². The predicted octanol–water partition coefficient (Wildman–Crippen LogP) is 2.50. The summed E-state index contributed by atoms with van der Waals surface area (Å²) in [5.41, 5.74) is 8.95. The van der Waals surface area contributed by atoms with Gasteiger partial charge in [0.15, 0.2) is 0 Å². The molecule has 18 heavy (non-hydrogen) atoms. The molecule has 0 radical (unpaired) electrons. The maximum absolute atomic E-state index is 5.65. The predicted molar refractivity (Wildman–Crippen MR) is 73.4 cm³/mol. The van der Waals surface area contributed by atoms with E-state index in [1.165, 1.54) is 0 Å². The quantitative estimate of drug-likeness (QED) is 0.760. The summed E-state index contributed by atoms with van der Waals surface area (Å²) in [4.78, 5) is 4.73. The van der Waals surface area contributed by atoms with E-state index in [1.54, 1.807) is 0 Å². The normalized spacial score (nSPS) is 10.9. The summed E-state index contributed by atoms with van der Waals surface area (Å²) in [5.74, 6) is 1.02. The first-order valence-electron chi connectivity index (χ1n) is 6.11. The molecule has 1 aromatic carbocycles. The van der Waals surface area contributed by atoms with Crippen molar-refractivity contribution in [3.63, 3.8) is 0 Å². The van der Waals surface area contributed by atoms with Crippen LogP contribution < -0.4 is 5.73 Å². The third kappa shape index (κ3) is 1.79. The van der Waals surface area contributed by atoms with Crippen LogP contribution in [0.5, 0.6) is 0 Å². The second-order valence-electron chi connectivity index (χ2n) is 4.24. The molecule has 3 rings (SSSR count). The van der Waals surface area contributed by atoms with Gasteiger partial charge in [-0.2, -0.15) is 0 Å². The molecule has 0 aliphatic heterocycles. The van der Waals surface area contributed by atoms with Crippen molar-refractivity contribution in [1.82, 2.24) is 9.38 Å². The monoisotopic (exact) mass is 237 g/mol. The van der Waals surface area contributed by atoms with Gasteiger partial charge in [-0.15, -0.1) is 0 Å². The van der Waals surface area contributed by atoms with Crippen LogP contribution in [0, 0.1) is 0 Å². The SMILES string of the molecule is NCCc1nc(-c2ccccc2)c2ccccn12. The first kappa shape index (κ1) is 11.0. The molecule has 2 N–H and O–H groups in total. The number of imidazole rings is 1. The van der Waals surface area contributed by atoms with Gasteiger partial charge in [0.2, 0.25) is 0 Å². The van der Waals surface area contributed by atoms with Crippen molar-refractivity contribution >= 4 is 5.52 Å². The highest BCUT2D eigenvalue weighted by Crippen LogP contribution is 2.24. The fourth-order valence-corrected chi connectivity index (χ4v) is 2.22. The molecule has 0 bridgehead atoms. The molecular weight excluding hydrogens is 222 g/mol. The number of benzene rings is 1. The Morgan fingerprint density at radius 2 is 1.78 bits per heavy atom. The summed E-state index contributed by atoms with van der Waals surface area (Å²) in [6.45, 7) is 0.613. The van der Waals surface area contributed by atoms with E-state index >= 15 is 0 Å². The third-order valence-electron chi connectivity index (χ3n) is 3.04. The van der Waals surface area contributed by atoms with Crippen molar-refractivity contribution < 1.29 is 0 Å². The van der Waals surface area contributed by atoms with Crippen molar-refractivity contribution in [2.45, 2.75) is 6.42 Å². The summed E-state index contributed by atoms with van der Waals surface area (Å²) >= 11 is 0. The largest absolute Gasteiger partial charge is 0.330 e. The minimum absolute atomic E-state index is 0.613. The van der Waals surface area contributed by atoms with Crippen molar-refractivity contribution in [2.24, 2.45) is 5.73 Å². The van der Waals surface area contributed by atoms with Crippen LogP contribution in [0.15, 0.2) is 54.7 Å². The molecule has 3 heteroatoms. The zero-order valence-corrected chi connectivity index (χ0v) is 10.1. The highest BCUT2D eigenvalue weighted by atomic mass is 15.0. The Morgan fingerprint density at radius 1 is 1.00 bits per heavy atom. The van der Waals surface area contributed by atoms with E-state index in [1.807, 2.05) is 36.5 Å². The average molecular weight is 237 g/mol. The molecule has 90 valence electrons. The lowest BCUT2D eigenvalue weighted by Gasteiger charge is -1.98. The van der Waals surface area contributed by atoms with Crippen LogP contribution in [0.1, 0.15) is 5.82 Å². The number of pyridine rings is 1. The van der Waals surface area contributed by atoms with Gasteiger partial charge in [0.1, 0.15) is 5.82 Å². The van der Waals surface area contributed by atoms with E-state index in [0.29, 0.717) is 6.54 Å². The molecule has 0 unspecified atom stereocenters. The molecule has 0 atom stereocenters.